The van der Waals surface area contributed by atoms with Crippen LogP contribution in [0.2, 0.25) is 0 Å². The van der Waals surface area contributed by atoms with Crippen molar-refractivity contribution in [1.82, 2.24) is 0 Å². The van der Waals surface area contributed by atoms with Crippen LogP contribution in [0.5, 0.6) is 23.0 Å². The number of hydrogen-bond acceptors (Lipinski definition) is 8. The highest BCUT2D eigenvalue weighted by Crippen LogP contribution is 2.36. The number of benzene rings is 4. The Morgan fingerprint density at radius 1 is 0.440 bits per heavy atom. The average molecular weight is 669 g/mol. The molecule has 0 saturated carbocycles. The van der Waals surface area contributed by atoms with E-state index in [2.05, 4.69) is 26.3 Å². The molecule has 4 rings (SSSR count). The van der Waals surface area contributed by atoms with Gasteiger partial charge < -0.3 is 18.9 Å². The highest BCUT2D eigenvalue weighted by Gasteiger charge is 2.17. The Kier molecular flexibility index (Phi) is 11.6. The van der Waals surface area contributed by atoms with Crippen LogP contribution in [0.15, 0.2) is 134 Å². The van der Waals surface area contributed by atoms with Crippen LogP contribution in [0.1, 0.15) is 38.8 Å². The molecule has 8 heteroatoms. The minimum atomic E-state index is -0.606. The molecule has 8 nitrogen and oxygen atoms in total. The standard InChI is InChI=1S/C42H36O8/c1-25(2)39(43)47-33-19-21-35(37(23-33)49-41(45)27(5)6)31-15-11-29(12-16-31)9-10-30-13-17-32(18-14-30)36-22-20-34(48-40(44)26(3)4)24-38(36)50-42(46)28(7)8/h9-24H,1,3,5,7H2,2,4,6,8H3. The average Bonchev–Trinajstić information content (AvgIpc) is 3.08. The zero-order chi connectivity index (χ0) is 36.5. The van der Waals surface area contributed by atoms with E-state index < -0.39 is 23.9 Å². The molecule has 50 heavy (non-hydrogen) atoms. The quantitative estimate of drug-likeness (QED) is 0.0637. The minimum absolute atomic E-state index is 0.210. The van der Waals surface area contributed by atoms with E-state index in [0.29, 0.717) is 11.1 Å². The van der Waals surface area contributed by atoms with Crippen LogP contribution in [-0.4, -0.2) is 23.9 Å². The Labute approximate surface area is 291 Å². The van der Waals surface area contributed by atoms with Crippen molar-refractivity contribution >= 4 is 36.0 Å². The maximum absolute atomic E-state index is 12.4. The van der Waals surface area contributed by atoms with Gasteiger partial charge in [0.05, 0.1) is 0 Å². The second kappa shape index (κ2) is 16.0. The normalized spacial score (nSPS) is 10.6. The first kappa shape index (κ1) is 36.3. The second-order valence-electron chi connectivity index (χ2n) is 11.6. The van der Waals surface area contributed by atoms with Gasteiger partial charge in [-0.05, 0) is 74.2 Å². The van der Waals surface area contributed by atoms with Crippen molar-refractivity contribution in [1.29, 1.82) is 0 Å². The summed E-state index contributed by atoms with van der Waals surface area (Å²) in [6, 6.07) is 24.9. The first-order chi connectivity index (χ1) is 23.7. The summed E-state index contributed by atoms with van der Waals surface area (Å²) in [6.45, 7) is 20.6. The van der Waals surface area contributed by atoms with Crippen LogP contribution in [0.25, 0.3) is 34.4 Å². The van der Waals surface area contributed by atoms with Gasteiger partial charge in [0.1, 0.15) is 23.0 Å². The number of ether oxygens (including phenoxy) is 4. The van der Waals surface area contributed by atoms with Crippen molar-refractivity contribution in [3.05, 3.63) is 145 Å². The maximum Gasteiger partial charge on any atom is 0.338 e. The molecule has 0 bridgehead atoms. The summed E-state index contributed by atoms with van der Waals surface area (Å²) in [5.41, 5.74) is 5.54. The summed E-state index contributed by atoms with van der Waals surface area (Å²) in [7, 11) is 0. The Morgan fingerprint density at radius 2 is 0.740 bits per heavy atom. The largest absolute Gasteiger partial charge is 0.423 e. The lowest BCUT2D eigenvalue weighted by Gasteiger charge is -2.13. The Balaban J connectivity index is 1.55. The Morgan fingerprint density at radius 3 is 1.04 bits per heavy atom. The number of carbonyl (C=O) groups excluding carboxylic acids is 4. The zero-order valence-electron chi connectivity index (χ0n) is 28.3. The fourth-order valence-corrected chi connectivity index (χ4v) is 4.28. The van der Waals surface area contributed by atoms with Crippen LogP contribution in [0, 0.1) is 0 Å². The Bertz CT molecular complexity index is 1910. The number of rotatable bonds is 12. The third kappa shape index (κ3) is 9.51. The molecule has 0 unspecified atom stereocenters. The fraction of sp³-hybridized carbons (Fsp3) is 0.0952. The summed E-state index contributed by atoms with van der Waals surface area (Å²) < 4.78 is 21.8. The van der Waals surface area contributed by atoms with E-state index in [1.54, 1.807) is 52.0 Å². The number of hydrogen-bond donors (Lipinski definition) is 0. The molecule has 0 heterocycles. The van der Waals surface area contributed by atoms with Gasteiger partial charge in [-0.25, -0.2) is 19.2 Å². The molecule has 0 aliphatic heterocycles. The maximum atomic E-state index is 12.4. The predicted octanol–water partition coefficient (Wildman–Crippen LogP) is 9.12. The van der Waals surface area contributed by atoms with E-state index in [4.69, 9.17) is 18.9 Å². The zero-order valence-corrected chi connectivity index (χ0v) is 28.3. The summed E-state index contributed by atoms with van der Waals surface area (Å²) in [4.78, 5) is 48.8. The van der Waals surface area contributed by atoms with Crippen LogP contribution < -0.4 is 18.9 Å². The molecule has 0 aliphatic carbocycles. The molecule has 0 atom stereocenters. The molecule has 0 aromatic heterocycles. The predicted molar refractivity (Wildman–Crippen MR) is 194 cm³/mol. The monoisotopic (exact) mass is 668 g/mol. The molecule has 0 N–H and O–H groups in total. The van der Waals surface area contributed by atoms with E-state index in [-0.39, 0.29) is 45.3 Å². The topological polar surface area (TPSA) is 105 Å². The molecule has 4 aromatic rings. The minimum Gasteiger partial charge on any atom is -0.423 e. The van der Waals surface area contributed by atoms with Gasteiger partial charge in [0, 0.05) is 45.6 Å². The van der Waals surface area contributed by atoms with Gasteiger partial charge in [-0.3, -0.25) is 0 Å². The second-order valence-corrected chi connectivity index (χ2v) is 11.6. The molecular formula is C42H36O8. The van der Waals surface area contributed by atoms with Crippen molar-refractivity contribution in [2.75, 3.05) is 0 Å². The van der Waals surface area contributed by atoms with E-state index in [9.17, 15) is 19.2 Å². The Hall–Kier alpha value is -6.54. The first-order valence-electron chi connectivity index (χ1n) is 15.4. The summed E-state index contributed by atoms with van der Waals surface area (Å²) in [5, 5.41) is 0. The highest BCUT2D eigenvalue weighted by atomic mass is 16.6. The van der Waals surface area contributed by atoms with Crippen molar-refractivity contribution < 1.29 is 38.1 Å². The molecule has 0 spiro atoms. The molecule has 0 aliphatic rings. The molecule has 0 saturated heterocycles. The molecule has 0 radical (unpaired) electrons. The third-order valence-corrected chi connectivity index (χ3v) is 7.04. The van der Waals surface area contributed by atoms with Crippen LogP contribution >= 0.6 is 0 Å². The smallest absolute Gasteiger partial charge is 0.338 e. The number of carbonyl (C=O) groups is 4. The summed E-state index contributed by atoms with van der Waals surface area (Å²) in [6.07, 6.45) is 3.90. The van der Waals surface area contributed by atoms with Gasteiger partial charge >= 0.3 is 23.9 Å². The molecule has 0 amide bonds. The highest BCUT2D eigenvalue weighted by molar-refractivity contribution is 5.92. The molecule has 252 valence electrons. The van der Waals surface area contributed by atoms with Crippen molar-refractivity contribution in [3.63, 3.8) is 0 Å². The SMILES string of the molecule is C=C(C)C(=O)Oc1ccc(-c2ccc(C=Cc3ccc(-c4ccc(OC(=O)C(=C)C)cc4OC(=O)C(=C)C)cc3)cc2)c(OC(=O)C(=C)C)c1. The van der Waals surface area contributed by atoms with Gasteiger partial charge in [-0.15, -0.1) is 0 Å². The van der Waals surface area contributed by atoms with Crippen molar-refractivity contribution in [2.24, 2.45) is 0 Å². The van der Waals surface area contributed by atoms with E-state index in [0.717, 1.165) is 22.3 Å². The van der Waals surface area contributed by atoms with Crippen molar-refractivity contribution in [2.45, 2.75) is 27.7 Å². The molecule has 0 fully saturated rings. The lowest BCUT2D eigenvalue weighted by atomic mass is 10.0. The van der Waals surface area contributed by atoms with Gasteiger partial charge in [0.25, 0.3) is 0 Å². The van der Waals surface area contributed by atoms with Gasteiger partial charge in [0.2, 0.25) is 0 Å². The summed E-state index contributed by atoms with van der Waals surface area (Å²) in [5.74, 6) is -1.54. The summed E-state index contributed by atoms with van der Waals surface area (Å²) >= 11 is 0. The van der Waals surface area contributed by atoms with E-state index in [1.165, 1.54) is 12.1 Å². The van der Waals surface area contributed by atoms with Crippen LogP contribution in [0.3, 0.4) is 0 Å². The molecule has 4 aromatic carbocycles. The van der Waals surface area contributed by atoms with Gasteiger partial charge in [-0.1, -0.05) is 87.0 Å². The fourth-order valence-electron chi connectivity index (χ4n) is 4.28. The van der Waals surface area contributed by atoms with Gasteiger partial charge in [-0.2, -0.15) is 0 Å². The molecular weight excluding hydrogens is 632 g/mol. The first-order valence-corrected chi connectivity index (χ1v) is 15.4. The number of esters is 4. The van der Waals surface area contributed by atoms with Crippen molar-refractivity contribution in [3.8, 4) is 45.3 Å². The van der Waals surface area contributed by atoms with Crippen LogP contribution in [-0.2, 0) is 19.2 Å². The van der Waals surface area contributed by atoms with E-state index >= 15 is 0 Å². The lowest BCUT2D eigenvalue weighted by Crippen LogP contribution is -2.11. The third-order valence-electron chi connectivity index (χ3n) is 7.04. The van der Waals surface area contributed by atoms with Crippen LogP contribution in [0.4, 0.5) is 0 Å². The lowest BCUT2D eigenvalue weighted by molar-refractivity contribution is -0.131. The van der Waals surface area contributed by atoms with Gasteiger partial charge in [0.15, 0.2) is 0 Å². The van der Waals surface area contributed by atoms with E-state index in [1.807, 2.05) is 60.7 Å².